The van der Waals surface area contributed by atoms with E-state index in [2.05, 4.69) is 0 Å². The number of fused-ring (bicyclic) bond motifs is 1. The molecule has 0 bridgehead atoms. The fourth-order valence-electron chi connectivity index (χ4n) is 5.15. The van der Waals surface area contributed by atoms with Crippen LogP contribution in [0, 0.1) is 5.82 Å². The van der Waals surface area contributed by atoms with Gasteiger partial charge < -0.3 is 14.4 Å². The van der Waals surface area contributed by atoms with Gasteiger partial charge in [-0.15, -0.1) is 0 Å². The molecule has 1 saturated heterocycles. The molecule has 2 heterocycles. The number of aromatic nitrogens is 1. The molecule has 8 heteroatoms. The number of carbonyl (C=O) groups is 1. The lowest BCUT2D eigenvalue weighted by Gasteiger charge is -2.37. The van der Waals surface area contributed by atoms with Crippen molar-refractivity contribution in [3.05, 3.63) is 102 Å². The molecule has 1 aromatic heterocycles. The maximum absolute atomic E-state index is 13.7. The minimum absolute atomic E-state index is 0.0362. The molecule has 0 spiro atoms. The summed E-state index contributed by atoms with van der Waals surface area (Å²) in [5.41, 5.74) is 2.73. The first kappa shape index (κ1) is 24.9. The smallest absolute Gasteiger partial charge is 0.368 e. The molecule has 0 aliphatic carbocycles. The maximum atomic E-state index is 13.7. The number of alkyl halides is 3. The molecule has 0 N–H and O–H groups in total. The Bertz CT molecular complexity index is 1400. The van der Waals surface area contributed by atoms with E-state index in [-0.39, 0.29) is 24.1 Å². The van der Waals surface area contributed by atoms with Crippen molar-refractivity contribution in [1.82, 2.24) is 9.47 Å². The average Bonchev–Trinajstić information content (AvgIpc) is 3.23. The highest BCUT2D eigenvalue weighted by Crippen LogP contribution is 2.36. The van der Waals surface area contributed by atoms with Gasteiger partial charge in [-0.05, 0) is 47.5 Å². The lowest BCUT2D eigenvalue weighted by molar-refractivity contribution is -0.137. The number of halogens is 4. The molecule has 192 valence electrons. The Hall–Kier alpha value is -3.81. The highest BCUT2D eigenvalue weighted by Gasteiger charge is 2.32. The Morgan fingerprint density at radius 3 is 2.32 bits per heavy atom. The number of carbonyl (C=O) groups excluding carboxylic acids is 1. The molecule has 1 fully saturated rings. The normalized spacial score (nSPS) is 15.3. The van der Waals surface area contributed by atoms with Crippen LogP contribution < -0.4 is 4.90 Å². The number of rotatable bonds is 5. The van der Waals surface area contributed by atoms with Crippen molar-refractivity contribution >= 4 is 22.5 Å². The van der Waals surface area contributed by atoms with Gasteiger partial charge in [0, 0.05) is 68.4 Å². The van der Waals surface area contributed by atoms with Crippen molar-refractivity contribution in [3.63, 3.8) is 0 Å². The summed E-state index contributed by atoms with van der Waals surface area (Å²) in [6, 6.07) is 19.5. The first-order valence-electron chi connectivity index (χ1n) is 12.2. The summed E-state index contributed by atoms with van der Waals surface area (Å²) in [7, 11) is 1.96. The monoisotopic (exact) mass is 509 g/mol. The molecule has 3 aromatic carbocycles. The Morgan fingerprint density at radius 2 is 1.62 bits per heavy atom. The van der Waals surface area contributed by atoms with Crippen LogP contribution >= 0.6 is 0 Å². The fourth-order valence-corrected chi connectivity index (χ4v) is 5.15. The topological polar surface area (TPSA) is 28.5 Å². The second kappa shape index (κ2) is 9.92. The van der Waals surface area contributed by atoms with Gasteiger partial charge in [0.2, 0.25) is 5.91 Å². The van der Waals surface area contributed by atoms with Crippen LogP contribution in [0.5, 0.6) is 0 Å². The molecule has 0 radical (unpaired) electrons. The van der Waals surface area contributed by atoms with E-state index in [0.717, 1.165) is 34.2 Å². The van der Waals surface area contributed by atoms with E-state index < -0.39 is 11.7 Å². The summed E-state index contributed by atoms with van der Waals surface area (Å²) in [5.74, 6) is -0.635. The number of para-hydroxylation sites is 1. The third-order valence-corrected chi connectivity index (χ3v) is 7.13. The third kappa shape index (κ3) is 5.19. The van der Waals surface area contributed by atoms with E-state index in [1.54, 1.807) is 23.1 Å². The Morgan fingerprint density at radius 1 is 0.919 bits per heavy atom. The van der Waals surface area contributed by atoms with Gasteiger partial charge in [0.05, 0.1) is 5.56 Å². The highest BCUT2D eigenvalue weighted by atomic mass is 19.4. The molecule has 37 heavy (non-hydrogen) atoms. The number of piperazine rings is 1. The second-order valence-electron chi connectivity index (χ2n) is 9.44. The van der Waals surface area contributed by atoms with Crippen LogP contribution in [0.2, 0.25) is 0 Å². The molecule has 4 nitrogen and oxygen atoms in total. The zero-order valence-electron chi connectivity index (χ0n) is 20.4. The van der Waals surface area contributed by atoms with Crippen LogP contribution in [0.25, 0.3) is 10.9 Å². The van der Waals surface area contributed by atoms with E-state index in [9.17, 15) is 22.4 Å². The predicted octanol–water partition coefficient (Wildman–Crippen LogP) is 6.21. The summed E-state index contributed by atoms with van der Waals surface area (Å²) < 4.78 is 55.1. The quantitative estimate of drug-likeness (QED) is 0.300. The molecule has 1 unspecified atom stereocenters. The van der Waals surface area contributed by atoms with E-state index >= 15 is 0 Å². The average molecular weight is 510 g/mol. The van der Waals surface area contributed by atoms with E-state index in [1.165, 1.54) is 18.2 Å². The van der Waals surface area contributed by atoms with Crippen molar-refractivity contribution in [3.8, 4) is 0 Å². The van der Waals surface area contributed by atoms with Crippen LogP contribution in [0.15, 0.2) is 79.0 Å². The number of hydrogen-bond acceptors (Lipinski definition) is 2. The standard InChI is InChI=1S/C29H27F4N3O/c1-34-19-26(24-7-2-3-8-27(24)34)25(20-9-11-22(30)12-10-20)18-28(37)36-15-13-35(14-16-36)23-6-4-5-21(17-23)29(31,32)33/h2-12,17,19,25H,13-16,18H2,1H3. The summed E-state index contributed by atoms with van der Waals surface area (Å²) in [6.45, 7) is 1.73. The summed E-state index contributed by atoms with van der Waals surface area (Å²) in [6.07, 6.45) is -2.16. The Labute approximate surface area is 212 Å². The number of aryl methyl sites for hydroxylation is 1. The molecule has 5 rings (SSSR count). The van der Waals surface area contributed by atoms with Crippen molar-refractivity contribution in [2.75, 3.05) is 31.1 Å². The number of anilines is 1. The number of benzene rings is 3. The summed E-state index contributed by atoms with van der Waals surface area (Å²) >= 11 is 0. The van der Waals surface area contributed by atoms with E-state index in [0.29, 0.717) is 31.9 Å². The molecular formula is C29H27F4N3O. The summed E-state index contributed by atoms with van der Waals surface area (Å²) in [4.78, 5) is 17.1. The SMILES string of the molecule is Cn1cc(C(CC(=O)N2CCN(c3cccc(C(F)(F)F)c3)CC2)c2ccc(F)cc2)c2ccccc21. The maximum Gasteiger partial charge on any atom is 0.416 e. The molecule has 1 atom stereocenters. The van der Waals surface area contributed by atoms with Gasteiger partial charge >= 0.3 is 6.18 Å². The van der Waals surface area contributed by atoms with E-state index in [1.807, 2.05) is 47.0 Å². The Balaban J connectivity index is 1.35. The fraction of sp³-hybridized carbons (Fsp3) is 0.276. The van der Waals surface area contributed by atoms with Crippen LogP contribution in [-0.4, -0.2) is 41.6 Å². The lowest BCUT2D eigenvalue weighted by Crippen LogP contribution is -2.49. The number of amides is 1. The van der Waals surface area contributed by atoms with Crippen LogP contribution in [0.3, 0.4) is 0 Å². The van der Waals surface area contributed by atoms with Crippen LogP contribution in [0.1, 0.15) is 29.0 Å². The van der Waals surface area contributed by atoms with Gasteiger partial charge in [-0.25, -0.2) is 4.39 Å². The zero-order chi connectivity index (χ0) is 26.2. The first-order valence-corrected chi connectivity index (χ1v) is 12.2. The number of hydrogen-bond donors (Lipinski definition) is 0. The third-order valence-electron chi connectivity index (χ3n) is 7.13. The van der Waals surface area contributed by atoms with Crippen molar-refractivity contribution in [2.24, 2.45) is 7.05 Å². The zero-order valence-corrected chi connectivity index (χ0v) is 20.4. The minimum Gasteiger partial charge on any atom is -0.368 e. The van der Waals surface area contributed by atoms with Crippen molar-refractivity contribution < 1.29 is 22.4 Å². The van der Waals surface area contributed by atoms with Gasteiger partial charge in [-0.3, -0.25) is 4.79 Å². The molecule has 4 aromatic rings. The van der Waals surface area contributed by atoms with Gasteiger partial charge in [0.25, 0.3) is 0 Å². The molecule has 0 saturated carbocycles. The minimum atomic E-state index is -4.40. The molecule has 1 amide bonds. The van der Waals surface area contributed by atoms with Crippen LogP contribution in [-0.2, 0) is 18.0 Å². The van der Waals surface area contributed by atoms with Gasteiger partial charge in [-0.1, -0.05) is 36.4 Å². The largest absolute Gasteiger partial charge is 0.416 e. The van der Waals surface area contributed by atoms with Crippen molar-refractivity contribution in [2.45, 2.75) is 18.5 Å². The van der Waals surface area contributed by atoms with Gasteiger partial charge in [0.1, 0.15) is 5.82 Å². The second-order valence-corrected chi connectivity index (χ2v) is 9.44. The molecule has 1 aliphatic heterocycles. The van der Waals surface area contributed by atoms with E-state index in [4.69, 9.17) is 0 Å². The Kier molecular flexibility index (Phi) is 6.67. The molecular weight excluding hydrogens is 482 g/mol. The predicted molar refractivity (Wildman–Crippen MR) is 136 cm³/mol. The number of nitrogens with zero attached hydrogens (tertiary/aromatic N) is 3. The van der Waals surface area contributed by atoms with Crippen molar-refractivity contribution in [1.29, 1.82) is 0 Å². The molecule has 1 aliphatic rings. The highest BCUT2D eigenvalue weighted by molar-refractivity contribution is 5.86. The summed E-state index contributed by atoms with van der Waals surface area (Å²) in [5, 5.41) is 1.04. The van der Waals surface area contributed by atoms with Crippen LogP contribution in [0.4, 0.5) is 23.2 Å². The lowest BCUT2D eigenvalue weighted by atomic mass is 9.87. The van der Waals surface area contributed by atoms with Gasteiger partial charge in [0.15, 0.2) is 0 Å². The van der Waals surface area contributed by atoms with Gasteiger partial charge in [-0.2, -0.15) is 13.2 Å². The first-order chi connectivity index (χ1) is 17.7.